The Morgan fingerprint density at radius 2 is 2.20 bits per heavy atom. The zero-order valence-electron chi connectivity index (χ0n) is 9.09. The highest BCUT2D eigenvalue weighted by Crippen LogP contribution is 2.16. The summed E-state index contributed by atoms with van der Waals surface area (Å²) in [5.41, 5.74) is 6.62. The van der Waals surface area contributed by atoms with Crippen molar-refractivity contribution in [3.63, 3.8) is 0 Å². The number of anilines is 2. The summed E-state index contributed by atoms with van der Waals surface area (Å²) >= 11 is 0. The third kappa shape index (κ3) is 4.16. The lowest BCUT2D eigenvalue weighted by Crippen LogP contribution is -2.21. The maximum absolute atomic E-state index is 13.0. The molecule has 1 rings (SSSR count). The summed E-state index contributed by atoms with van der Waals surface area (Å²) in [6.45, 7) is 5.17. The molecule has 0 saturated carbocycles. The molecule has 1 unspecified atom stereocenters. The summed E-state index contributed by atoms with van der Waals surface area (Å²) in [5.74, 6) is -0.332. The normalized spacial score (nSPS) is 12.5. The van der Waals surface area contributed by atoms with Crippen LogP contribution in [0, 0.1) is 5.82 Å². The van der Waals surface area contributed by atoms with Crippen molar-refractivity contribution in [1.82, 2.24) is 0 Å². The quantitative estimate of drug-likeness (QED) is 0.736. The average molecular weight is 212 g/mol. The highest BCUT2D eigenvalue weighted by Gasteiger charge is 2.03. The summed E-state index contributed by atoms with van der Waals surface area (Å²) in [6, 6.07) is 4.54. The Labute approximate surface area is 89.4 Å². The predicted molar refractivity (Wildman–Crippen MR) is 60.4 cm³/mol. The topological polar surface area (TPSA) is 47.3 Å². The third-order valence-corrected chi connectivity index (χ3v) is 1.91. The van der Waals surface area contributed by atoms with Gasteiger partial charge in [-0.25, -0.2) is 4.39 Å². The minimum absolute atomic E-state index is 0.131. The van der Waals surface area contributed by atoms with Gasteiger partial charge >= 0.3 is 0 Å². The number of ether oxygens (including phenoxy) is 1. The van der Waals surface area contributed by atoms with Gasteiger partial charge in [0.15, 0.2) is 0 Å². The van der Waals surface area contributed by atoms with Crippen LogP contribution in [0.15, 0.2) is 18.2 Å². The number of nitrogen functional groups attached to an aromatic ring is 1. The Bertz CT molecular complexity index is 297. The molecular formula is C11H17FN2O. The number of hydrogen-bond donors (Lipinski definition) is 2. The standard InChI is InChI=1S/C11H17FN2O/c1-3-15-7-8(2)14-11-5-9(12)4-10(13)6-11/h4-6,8,14H,3,7,13H2,1-2H3. The number of hydrogen-bond acceptors (Lipinski definition) is 3. The molecule has 0 saturated heterocycles. The Morgan fingerprint density at radius 3 is 2.80 bits per heavy atom. The molecule has 1 aromatic rings. The van der Waals surface area contributed by atoms with Crippen molar-refractivity contribution in [1.29, 1.82) is 0 Å². The van der Waals surface area contributed by atoms with Crippen molar-refractivity contribution in [2.75, 3.05) is 24.3 Å². The van der Waals surface area contributed by atoms with Gasteiger partial charge in [-0.2, -0.15) is 0 Å². The van der Waals surface area contributed by atoms with E-state index in [9.17, 15) is 4.39 Å². The minimum Gasteiger partial charge on any atom is -0.399 e. The summed E-state index contributed by atoms with van der Waals surface area (Å²) in [6.07, 6.45) is 0. The van der Waals surface area contributed by atoms with E-state index in [-0.39, 0.29) is 11.9 Å². The van der Waals surface area contributed by atoms with Crippen molar-refractivity contribution >= 4 is 11.4 Å². The van der Waals surface area contributed by atoms with Crippen molar-refractivity contribution in [3.8, 4) is 0 Å². The van der Waals surface area contributed by atoms with Crippen LogP contribution in [0.5, 0.6) is 0 Å². The Kier molecular flexibility index (Phi) is 4.37. The maximum Gasteiger partial charge on any atom is 0.127 e. The first-order chi connectivity index (χ1) is 7.11. The van der Waals surface area contributed by atoms with Crippen molar-refractivity contribution in [3.05, 3.63) is 24.0 Å². The number of nitrogens with two attached hydrogens (primary N) is 1. The highest BCUT2D eigenvalue weighted by molar-refractivity contribution is 5.55. The SMILES string of the molecule is CCOCC(C)Nc1cc(N)cc(F)c1. The maximum atomic E-state index is 13.0. The molecule has 0 spiro atoms. The number of halogens is 1. The molecule has 1 atom stereocenters. The van der Waals surface area contributed by atoms with Gasteiger partial charge in [-0.3, -0.25) is 0 Å². The van der Waals surface area contributed by atoms with Crippen LogP contribution in [0.25, 0.3) is 0 Å². The van der Waals surface area contributed by atoms with Crippen LogP contribution in [0.3, 0.4) is 0 Å². The van der Waals surface area contributed by atoms with Gasteiger partial charge in [0.25, 0.3) is 0 Å². The first-order valence-electron chi connectivity index (χ1n) is 5.02. The van der Waals surface area contributed by atoms with Crippen LogP contribution in [0.4, 0.5) is 15.8 Å². The van der Waals surface area contributed by atoms with Crippen LogP contribution in [0.1, 0.15) is 13.8 Å². The molecule has 0 amide bonds. The molecule has 3 nitrogen and oxygen atoms in total. The molecule has 0 fully saturated rings. The van der Waals surface area contributed by atoms with E-state index < -0.39 is 0 Å². The fourth-order valence-corrected chi connectivity index (χ4v) is 1.32. The smallest absolute Gasteiger partial charge is 0.127 e. The van der Waals surface area contributed by atoms with E-state index in [2.05, 4.69) is 5.32 Å². The van der Waals surface area contributed by atoms with E-state index in [1.165, 1.54) is 12.1 Å². The van der Waals surface area contributed by atoms with Crippen molar-refractivity contribution in [2.24, 2.45) is 0 Å². The molecule has 0 aliphatic rings. The highest BCUT2D eigenvalue weighted by atomic mass is 19.1. The van der Waals surface area contributed by atoms with Gasteiger partial charge in [0.2, 0.25) is 0 Å². The van der Waals surface area contributed by atoms with Crippen LogP contribution >= 0.6 is 0 Å². The Hall–Kier alpha value is -1.29. The lowest BCUT2D eigenvalue weighted by atomic mass is 10.2. The summed E-state index contributed by atoms with van der Waals surface area (Å²) in [7, 11) is 0. The van der Waals surface area contributed by atoms with Gasteiger partial charge in [-0.05, 0) is 32.0 Å². The number of benzene rings is 1. The van der Waals surface area contributed by atoms with Crippen LogP contribution in [0.2, 0.25) is 0 Å². The zero-order valence-corrected chi connectivity index (χ0v) is 9.09. The Morgan fingerprint density at radius 1 is 1.47 bits per heavy atom. The van der Waals surface area contributed by atoms with Gasteiger partial charge in [0, 0.05) is 24.0 Å². The molecule has 4 heteroatoms. The molecule has 3 N–H and O–H groups in total. The fraction of sp³-hybridized carbons (Fsp3) is 0.455. The first kappa shape index (κ1) is 11.8. The molecule has 84 valence electrons. The van der Waals surface area contributed by atoms with E-state index in [1.54, 1.807) is 6.07 Å². The lowest BCUT2D eigenvalue weighted by molar-refractivity contribution is 0.141. The van der Waals surface area contributed by atoms with Gasteiger partial charge in [0.1, 0.15) is 5.82 Å². The van der Waals surface area contributed by atoms with E-state index in [4.69, 9.17) is 10.5 Å². The molecular weight excluding hydrogens is 195 g/mol. The molecule has 0 aromatic heterocycles. The molecule has 0 heterocycles. The van der Waals surface area contributed by atoms with E-state index >= 15 is 0 Å². The van der Waals surface area contributed by atoms with Crippen molar-refractivity contribution < 1.29 is 9.13 Å². The van der Waals surface area contributed by atoms with Gasteiger partial charge in [-0.1, -0.05) is 0 Å². The van der Waals surface area contributed by atoms with E-state index in [0.717, 1.165) is 0 Å². The fourth-order valence-electron chi connectivity index (χ4n) is 1.32. The lowest BCUT2D eigenvalue weighted by Gasteiger charge is -2.15. The summed E-state index contributed by atoms with van der Waals surface area (Å²) in [5, 5.41) is 3.11. The van der Waals surface area contributed by atoms with E-state index in [0.29, 0.717) is 24.6 Å². The zero-order chi connectivity index (χ0) is 11.3. The van der Waals surface area contributed by atoms with Gasteiger partial charge < -0.3 is 15.8 Å². The molecule has 15 heavy (non-hydrogen) atoms. The number of rotatable bonds is 5. The largest absolute Gasteiger partial charge is 0.399 e. The predicted octanol–water partition coefficient (Wildman–Crippen LogP) is 2.24. The number of nitrogens with one attached hydrogen (secondary N) is 1. The summed E-state index contributed by atoms with van der Waals surface area (Å²) < 4.78 is 18.2. The van der Waals surface area contributed by atoms with E-state index in [1.807, 2.05) is 13.8 Å². The molecule has 0 bridgehead atoms. The minimum atomic E-state index is -0.332. The molecule has 0 radical (unpaired) electrons. The average Bonchev–Trinajstić information content (AvgIpc) is 2.13. The van der Waals surface area contributed by atoms with Gasteiger partial charge in [-0.15, -0.1) is 0 Å². The van der Waals surface area contributed by atoms with Gasteiger partial charge in [0.05, 0.1) is 6.61 Å². The van der Waals surface area contributed by atoms with Crippen LogP contribution in [-0.4, -0.2) is 19.3 Å². The second-order valence-electron chi connectivity index (χ2n) is 3.48. The third-order valence-electron chi connectivity index (χ3n) is 1.91. The molecule has 0 aliphatic carbocycles. The monoisotopic (exact) mass is 212 g/mol. The van der Waals surface area contributed by atoms with Crippen LogP contribution in [-0.2, 0) is 4.74 Å². The molecule has 1 aromatic carbocycles. The Balaban J connectivity index is 2.56. The second-order valence-corrected chi connectivity index (χ2v) is 3.48. The van der Waals surface area contributed by atoms with Crippen molar-refractivity contribution in [2.45, 2.75) is 19.9 Å². The first-order valence-corrected chi connectivity index (χ1v) is 5.02. The second kappa shape index (κ2) is 5.56. The molecule has 0 aliphatic heterocycles. The van der Waals surface area contributed by atoms with Crippen LogP contribution < -0.4 is 11.1 Å². The summed E-state index contributed by atoms with van der Waals surface area (Å²) in [4.78, 5) is 0.